The molecule has 15 heavy (non-hydrogen) atoms. The molecule has 90 valence electrons. The molecule has 0 bridgehead atoms. The number of rotatable bonds is 5. The molecule has 0 aromatic rings. The Hall–Kier alpha value is 0.260. The molecule has 1 saturated carbocycles. The Balaban J connectivity index is 2.32. The van der Waals surface area contributed by atoms with Gasteiger partial charge in [-0.2, -0.15) is 11.8 Å². The lowest BCUT2D eigenvalue weighted by atomic mass is 10.2. The highest BCUT2D eigenvalue weighted by Gasteiger charge is 2.26. The summed E-state index contributed by atoms with van der Waals surface area (Å²) in [6.45, 7) is 0.671. The SMILES string of the molecule is CS[C@@H]1CC[C@H](N(C)CCS(C)(=O)=O)C1. The standard InChI is InChI=1S/C10H21NO2S2/c1-11(6-7-15(3,12)13)9-4-5-10(8-9)14-2/h9-10H,4-8H2,1-3H3/t9-,10+/m0/s1. The van der Waals surface area contributed by atoms with Gasteiger partial charge in [-0.25, -0.2) is 8.42 Å². The topological polar surface area (TPSA) is 37.4 Å². The average molecular weight is 251 g/mol. The van der Waals surface area contributed by atoms with Crippen molar-refractivity contribution in [1.29, 1.82) is 0 Å². The predicted molar refractivity (Wildman–Crippen MR) is 67.3 cm³/mol. The van der Waals surface area contributed by atoms with E-state index >= 15 is 0 Å². The second kappa shape index (κ2) is 5.55. The molecule has 0 aromatic carbocycles. The third-order valence-corrected chi connectivity index (χ3v) is 5.15. The largest absolute Gasteiger partial charge is 0.302 e. The number of hydrogen-bond donors (Lipinski definition) is 0. The van der Waals surface area contributed by atoms with E-state index in [2.05, 4.69) is 11.2 Å². The van der Waals surface area contributed by atoms with E-state index in [9.17, 15) is 8.42 Å². The van der Waals surface area contributed by atoms with Crippen LogP contribution >= 0.6 is 11.8 Å². The minimum atomic E-state index is -2.81. The van der Waals surface area contributed by atoms with Gasteiger partial charge in [0.25, 0.3) is 0 Å². The van der Waals surface area contributed by atoms with Gasteiger partial charge in [0.15, 0.2) is 0 Å². The van der Waals surface area contributed by atoms with Gasteiger partial charge in [-0.3, -0.25) is 0 Å². The summed E-state index contributed by atoms with van der Waals surface area (Å²) in [5.41, 5.74) is 0. The van der Waals surface area contributed by atoms with E-state index in [1.807, 2.05) is 18.8 Å². The summed E-state index contributed by atoms with van der Waals surface area (Å²) in [7, 11) is -0.774. The van der Waals surface area contributed by atoms with Gasteiger partial charge in [0, 0.05) is 24.1 Å². The van der Waals surface area contributed by atoms with Gasteiger partial charge in [0.05, 0.1) is 5.75 Å². The summed E-state index contributed by atoms with van der Waals surface area (Å²) < 4.78 is 22.1. The fraction of sp³-hybridized carbons (Fsp3) is 1.00. The number of thioether (sulfide) groups is 1. The Morgan fingerprint density at radius 2 is 2.07 bits per heavy atom. The van der Waals surface area contributed by atoms with Crippen LogP contribution in [0.2, 0.25) is 0 Å². The fourth-order valence-corrected chi connectivity index (χ4v) is 3.43. The third kappa shape index (κ3) is 4.74. The first-order chi connectivity index (χ1) is 6.92. The zero-order valence-corrected chi connectivity index (χ0v) is 11.4. The van der Waals surface area contributed by atoms with E-state index < -0.39 is 9.84 Å². The molecule has 5 heteroatoms. The van der Waals surface area contributed by atoms with Gasteiger partial charge in [-0.1, -0.05) is 0 Å². The summed E-state index contributed by atoms with van der Waals surface area (Å²) in [5.74, 6) is 0.282. The normalized spacial score (nSPS) is 27.5. The van der Waals surface area contributed by atoms with E-state index in [4.69, 9.17) is 0 Å². The van der Waals surface area contributed by atoms with Gasteiger partial charge < -0.3 is 4.90 Å². The summed E-state index contributed by atoms with van der Waals surface area (Å²) in [6.07, 6.45) is 7.16. The van der Waals surface area contributed by atoms with Crippen molar-refractivity contribution in [3.8, 4) is 0 Å². The van der Waals surface area contributed by atoms with Crippen molar-refractivity contribution in [2.24, 2.45) is 0 Å². The molecule has 2 atom stereocenters. The zero-order chi connectivity index (χ0) is 11.5. The number of nitrogens with zero attached hydrogens (tertiary/aromatic N) is 1. The van der Waals surface area contributed by atoms with Crippen LogP contribution in [-0.4, -0.2) is 56.5 Å². The monoisotopic (exact) mass is 251 g/mol. The highest BCUT2D eigenvalue weighted by molar-refractivity contribution is 7.99. The van der Waals surface area contributed by atoms with Crippen LogP contribution in [0.1, 0.15) is 19.3 Å². The first kappa shape index (κ1) is 13.3. The molecular weight excluding hydrogens is 230 g/mol. The minimum absolute atomic E-state index is 0.282. The summed E-state index contributed by atoms with van der Waals surface area (Å²) in [5, 5.41) is 0.774. The Bertz CT molecular complexity index is 290. The highest BCUT2D eigenvalue weighted by atomic mass is 32.2. The zero-order valence-electron chi connectivity index (χ0n) is 9.77. The minimum Gasteiger partial charge on any atom is -0.302 e. The van der Waals surface area contributed by atoms with Crippen molar-refractivity contribution in [2.75, 3.05) is 31.9 Å². The molecule has 0 radical (unpaired) electrons. The van der Waals surface area contributed by atoms with Crippen molar-refractivity contribution in [2.45, 2.75) is 30.6 Å². The van der Waals surface area contributed by atoms with Crippen LogP contribution in [0, 0.1) is 0 Å². The Morgan fingerprint density at radius 3 is 2.53 bits per heavy atom. The molecule has 0 unspecified atom stereocenters. The molecule has 1 aliphatic carbocycles. The Labute approximate surface area is 97.5 Å². The number of hydrogen-bond acceptors (Lipinski definition) is 4. The Kier molecular flexibility index (Phi) is 4.93. The maximum absolute atomic E-state index is 11.0. The van der Waals surface area contributed by atoms with Crippen molar-refractivity contribution in [3.05, 3.63) is 0 Å². The highest BCUT2D eigenvalue weighted by Crippen LogP contribution is 2.30. The van der Waals surface area contributed by atoms with Gasteiger partial charge >= 0.3 is 0 Å². The first-order valence-electron chi connectivity index (χ1n) is 5.33. The van der Waals surface area contributed by atoms with Crippen LogP contribution in [0.25, 0.3) is 0 Å². The summed E-state index contributed by atoms with van der Waals surface area (Å²) in [6, 6.07) is 0.587. The van der Waals surface area contributed by atoms with Gasteiger partial charge in [0.2, 0.25) is 0 Å². The van der Waals surface area contributed by atoms with Crippen molar-refractivity contribution in [3.63, 3.8) is 0 Å². The maximum Gasteiger partial charge on any atom is 0.148 e. The van der Waals surface area contributed by atoms with Crippen molar-refractivity contribution >= 4 is 21.6 Å². The quantitative estimate of drug-likeness (QED) is 0.737. The van der Waals surface area contributed by atoms with Crippen LogP contribution < -0.4 is 0 Å². The molecule has 0 N–H and O–H groups in total. The molecule has 3 nitrogen and oxygen atoms in total. The smallest absolute Gasteiger partial charge is 0.148 e. The van der Waals surface area contributed by atoms with Crippen molar-refractivity contribution in [1.82, 2.24) is 4.90 Å². The summed E-state index contributed by atoms with van der Waals surface area (Å²) in [4.78, 5) is 2.21. The molecule has 0 heterocycles. The second-order valence-corrected chi connectivity index (χ2v) is 7.83. The van der Waals surface area contributed by atoms with Gasteiger partial charge in [0.1, 0.15) is 9.84 Å². The molecule has 0 saturated heterocycles. The van der Waals surface area contributed by atoms with Crippen LogP contribution in [0.4, 0.5) is 0 Å². The molecule has 0 amide bonds. The molecule has 0 aliphatic heterocycles. The van der Waals surface area contributed by atoms with Gasteiger partial charge in [-0.15, -0.1) is 0 Å². The molecule has 0 aromatic heterocycles. The molecular formula is C10H21NO2S2. The fourth-order valence-electron chi connectivity index (χ4n) is 2.02. The van der Waals surface area contributed by atoms with E-state index in [1.165, 1.54) is 25.5 Å². The lowest BCUT2D eigenvalue weighted by Crippen LogP contribution is -2.33. The van der Waals surface area contributed by atoms with Crippen LogP contribution in [0.5, 0.6) is 0 Å². The van der Waals surface area contributed by atoms with E-state index in [0.29, 0.717) is 12.6 Å². The lowest BCUT2D eigenvalue weighted by molar-refractivity contribution is 0.259. The van der Waals surface area contributed by atoms with Crippen LogP contribution in [-0.2, 0) is 9.84 Å². The second-order valence-electron chi connectivity index (χ2n) is 4.44. The van der Waals surface area contributed by atoms with E-state index in [1.54, 1.807) is 0 Å². The third-order valence-electron chi connectivity index (χ3n) is 3.13. The van der Waals surface area contributed by atoms with E-state index in [0.717, 1.165) is 5.25 Å². The predicted octanol–water partition coefficient (Wildman–Crippen LogP) is 1.25. The Morgan fingerprint density at radius 1 is 1.40 bits per heavy atom. The molecule has 1 aliphatic rings. The average Bonchev–Trinajstić information content (AvgIpc) is 2.61. The first-order valence-corrected chi connectivity index (χ1v) is 8.68. The lowest BCUT2D eigenvalue weighted by Gasteiger charge is -2.23. The molecule has 1 fully saturated rings. The van der Waals surface area contributed by atoms with Crippen LogP contribution in [0.15, 0.2) is 0 Å². The molecule has 1 rings (SSSR count). The number of sulfone groups is 1. The van der Waals surface area contributed by atoms with Crippen molar-refractivity contribution < 1.29 is 8.42 Å². The van der Waals surface area contributed by atoms with Crippen LogP contribution in [0.3, 0.4) is 0 Å². The molecule has 0 spiro atoms. The van der Waals surface area contributed by atoms with E-state index in [-0.39, 0.29) is 5.75 Å². The summed E-state index contributed by atoms with van der Waals surface area (Å²) >= 11 is 1.93. The maximum atomic E-state index is 11.0. The van der Waals surface area contributed by atoms with Gasteiger partial charge in [-0.05, 0) is 32.6 Å².